The van der Waals surface area contributed by atoms with Crippen molar-refractivity contribution in [3.63, 3.8) is 0 Å². The molecule has 0 unspecified atom stereocenters. The number of ether oxygens (including phenoxy) is 8. The standard InChI is InChI=1S/C34H38O13/c1-40-20-12-10-19(11-13-20)34-27(18-8-6-5-7-9-18)26(30(38)42-3)29(37)33(34,39)28-23(41-2)14-21(15-24(28)47-34)45-32-31(43-4)44-17-25(46-32)22(36)16-35/h5-15,22,25-27,29,31-32,35-37,39H,16-17H2,1-4H3/t22-,25-,26+,27+,29-,31-,32-,33+,34+/m1/s1. The SMILES string of the molecule is COC(=O)[C@@H]1[C@@H](O)[C@@]2(O)c3c(OC)cc(O[C@@H]4O[C@@H]([C@H](O)CO)CO[C@H]4OC)cc3O[C@@]2(c2ccc(OC)cc2)[C@H]1c1ccccc1. The molecular formula is C34H38O13. The number of aliphatic hydroxyl groups excluding tert-OH is 3. The van der Waals surface area contributed by atoms with Gasteiger partial charge >= 0.3 is 5.97 Å². The van der Waals surface area contributed by atoms with E-state index in [1.165, 1.54) is 40.6 Å². The van der Waals surface area contributed by atoms with E-state index in [-0.39, 0.29) is 29.4 Å². The van der Waals surface area contributed by atoms with E-state index in [0.29, 0.717) is 16.9 Å². The third-order valence-electron chi connectivity index (χ3n) is 9.25. The van der Waals surface area contributed by atoms with E-state index in [0.717, 1.165) is 0 Å². The Hall–Kier alpha value is -3.95. The van der Waals surface area contributed by atoms with E-state index in [1.54, 1.807) is 48.5 Å². The molecule has 0 amide bonds. The van der Waals surface area contributed by atoms with Crippen molar-refractivity contribution in [2.24, 2.45) is 5.92 Å². The predicted molar refractivity (Wildman–Crippen MR) is 162 cm³/mol. The van der Waals surface area contributed by atoms with Crippen molar-refractivity contribution >= 4 is 5.97 Å². The quantitative estimate of drug-likeness (QED) is 0.233. The molecule has 1 aliphatic carbocycles. The summed E-state index contributed by atoms with van der Waals surface area (Å²) in [5.74, 6) is -2.05. The third-order valence-corrected chi connectivity index (χ3v) is 9.25. The molecular weight excluding hydrogens is 616 g/mol. The molecule has 3 aromatic carbocycles. The van der Waals surface area contributed by atoms with Gasteiger partial charge in [0.2, 0.25) is 6.29 Å². The molecule has 1 saturated carbocycles. The average Bonchev–Trinajstić information content (AvgIpc) is 3.49. The number of hydrogen-bond acceptors (Lipinski definition) is 13. The van der Waals surface area contributed by atoms with Crippen molar-refractivity contribution < 1.29 is 63.1 Å². The number of aliphatic hydroxyl groups is 4. The highest BCUT2D eigenvalue weighted by Gasteiger charge is 2.78. The number of fused-ring (bicyclic) bond motifs is 3. The minimum Gasteiger partial charge on any atom is -0.497 e. The Kier molecular flexibility index (Phi) is 9.06. The van der Waals surface area contributed by atoms with Crippen LogP contribution < -0.4 is 18.9 Å². The summed E-state index contributed by atoms with van der Waals surface area (Å²) >= 11 is 0. The van der Waals surface area contributed by atoms with E-state index < -0.39 is 66.5 Å². The van der Waals surface area contributed by atoms with Gasteiger partial charge in [-0.05, 0) is 23.3 Å². The van der Waals surface area contributed by atoms with Crippen LogP contribution in [0.2, 0.25) is 0 Å². The average molecular weight is 655 g/mol. The summed E-state index contributed by atoms with van der Waals surface area (Å²) in [5.41, 5.74) is -2.88. The highest BCUT2D eigenvalue weighted by molar-refractivity contribution is 5.78. The Bertz CT molecular complexity index is 1570. The van der Waals surface area contributed by atoms with Crippen LogP contribution in [0.5, 0.6) is 23.0 Å². The van der Waals surface area contributed by atoms with Crippen molar-refractivity contribution in [1.82, 2.24) is 0 Å². The van der Waals surface area contributed by atoms with Gasteiger partial charge < -0.3 is 58.3 Å². The van der Waals surface area contributed by atoms with Crippen molar-refractivity contribution in [3.05, 3.63) is 83.4 Å². The fourth-order valence-electron chi connectivity index (χ4n) is 7.11. The number of methoxy groups -OCH3 is 4. The summed E-state index contributed by atoms with van der Waals surface area (Å²) in [5, 5.41) is 44.7. The zero-order valence-electron chi connectivity index (χ0n) is 26.3. The van der Waals surface area contributed by atoms with Crippen molar-refractivity contribution in [3.8, 4) is 23.0 Å². The number of carbonyl (C=O) groups is 1. The number of esters is 1. The fraction of sp³-hybridized carbons (Fsp3) is 0.441. The second kappa shape index (κ2) is 12.9. The van der Waals surface area contributed by atoms with Gasteiger partial charge in [0.15, 0.2) is 11.2 Å². The van der Waals surface area contributed by atoms with Gasteiger partial charge in [-0.15, -0.1) is 0 Å². The van der Waals surface area contributed by atoms with E-state index >= 15 is 0 Å². The molecule has 2 aliphatic heterocycles. The molecule has 0 radical (unpaired) electrons. The molecule has 2 heterocycles. The molecule has 0 aromatic heterocycles. The number of carbonyl (C=O) groups excluding carboxylic acids is 1. The zero-order chi connectivity index (χ0) is 33.5. The maximum Gasteiger partial charge on any atom is 0.312 e. The highest BCUT2D eigenvalue weighted by Crippen LogP contribution is 2.70. The number of hydrogen-bond donors (Lipinski definition) is 4. The van der Waals surface area contributed by atoms with E-state index in [4.69, 9.17) is 37.9 Å². The summed E-state index contributed by atoms with van der Waals surface area (Å²) in [4.78, 5) is 13.5. The lowest BCUT2D eigenvalue weighted by Gasteiger charge is -2.40. The van der Waals surface area contributed by atoms with Gasteiger partial charge in [0, 0.05) is 25.2 Å². The first-order chi connectivity index (χ1) is 22.7. The minimum absolute atomic E-state index is 0.0474. The molecule has 252 valence electrons. The molecule has 0 spiro atoms. The first-order valence-electron chi connectivity index (χ1n) is 15.0. The molecule has 0 bridgehead atoms. The van der Waals surface area contributed by atoms with Gasteiger partial charge in [-0.1, -0.05) is 42.5 Å². The maximum atomic E-state index is 13.5. The van der Waals surface area contributed by atoms with E-state index in [9.17, 15) is 25.2 Å². The van der Waals surface area contributed by atoms with Crippen LogP contribution in [0.3, 0.4) is 0 Å². The van der Waals surface area contributed by atoms with Crippen LogP contribution in [-0.2, 0) is 34.9 Å². The summed E-state index contributed by atoms with van der Waals surface area (Å²) in [6.07, 6.45) is -6.03. The normalized spacial score (nSPS) is 31.7. The molecule has 4 N–H and O–H groups in total. The smallest absolute Gasteiger partial charge is 0.312 e. The number of rotatable bonds is 10. The Morgan fingerprint density at radius 3 is 2.32 bits per heavy atom. The van der Waals surface area contributed by atoms with Gasteiger partial charge in [0.1, 0.15) is 41.3 Å². The summed E-state index contributed by atoms with van der Waals surface area (Å²) < 4.78 is 46.2. The van der Waals surface area contributed by atoms with Crippen molar-refractivity contribution in [2.75, 3.05) is 41.7 Å². The Labute approximate surface area is 271 Å². The molecule has 47 heavy (non-hydrogen) atoms. The summed E-state index contributed by atoms with van der Waals surface area (Å²) in [6.45, 7) is -0.601. The minimum atomic E-state index is -2.25. The topological polar surface area (TPSA) is 172 Å². The van der Waals surface area contributed by atoms with Crippen LogP contribution in [0.4, 0.5) is 0 Å². The zero-order valence-corrected chi connectivity index (χ0v) is 26.3. The van der Waals surface area contributed by atoms with Crippen LogP contribution >= 0.6 is 0 Å². The maximum absolute atomic E-state index is 13.5. The number of benzene rings is 3. The lowest BCUT2D eigenvalue weighted by Crippen LogP contribution is -2.52. The Morgan fingerprint density at radius 1 is 0.979 bits per heavy atom. The van der Waals surface area contributed by atoms with Crippen molar-refractivity contribution in [1.29, 1.82) is 0 Å². The predicted octanol–water partition coefficient (Wildman–Crippen LogP) is 1.57. The van der Waals surface area contributed by atoms with Crippen molar-refractivity contribution in [2.45, 2.75) is 48.0 Å². The van der Waals surface area contributed by atoms with E-state index in [2.05, 4.69) is 0 Å². The van der Waals surface area contributed by atoms with Crippen LogP contribution in [0.1, 0.15) is 22.6 Å². The Balaban J connectivity index is 1.52. The van der Waals surface area contributed by atoms with E-state index in [1.807, 2.05) is 6.07 Å². The molecule has 1 saturated heterocycles. The van der Waals surface area contributed by atoms with Gasteiger partial charge in [0.05, 0.1) is 46.0 Å². The Morgan fingerprint density at radius 2 is 1.70 bits per heavy atom. The molecule has 6 rings (SSSR count). The van der Waals surface area contributed by atoms with Crippen LogP contribution in [0.15, 0.2) is 66.7 Å². The third kappa shape index (κ3) is 5.10. The molecule has 2 fully saturated rings. The summed E-state index contributed by atoms with van der Waals surface area (Å²) in [6, 6.07) is 18.8. The largest absolute Gasteiger partial charge is 0.497 e. The van der Waals surface area contributed by atoms with Gasteiger partial charge in [-0.3, -0.25) is 4.79 Å². The molecule has 13 nitrogen and oxygen atoms in total. The molecule has 3 aliphatic rings. The highest BCUT2D eigenvalue weighted by atomic mass is 16.8. The lowest BCUT2D eigenvalue weighted by atomic mass is 9.70. The monoisotopic (exact) mass is 654 g/mol. The summed E-state index contributed by atoms with van der Waals surface area (Å²) in [7, 11) is 5.54. The lowest BCUT2D eigenvalue weighted by molar-refractivity contribution is -0.324. The van der Waals surface area contributed by atoms with Gasteiger partial charge in [-0.2, -0.15) is 0 Å². The molecule has 13 heteroatoms. The first kappa shape index (κ1) is 33.0. The molecule has 3 aromatic rings. The van der Waals surface area contributed by atoms with Crippen LogP contribution in [0.25, 0.3) is 0 Å². The van der Waals surface area contributed by atoms with Crippen LogP contribution in [0, 0.1) is 5.92 Å². The second-order valence-corrected chi connectivity index (χ2v) is 11.6. The van der Waals surface area contributed by atoms with Crippen LogP contribution in [-0.4, -0.2) is 98.9 Å². The fourth-order valence-corrected chi connectivity index (χ4v) is 7.11. The van der Waals surface area contributed by atoms with Gasteiger partial charge in [-0.25, -0.2) is 0 Å². The second-order valence-electron chi connectivity index (χ2n) is 11.6. The van der Waals surface area contributed by atoms with Gasteiger partial charge in [0.25, 0.3) is 6.29 Å². The molecule has 9 atom stereocenters. The first-order valence-corrected chi connectivity index (χ1v) is 15.0.